The number of nitrogens with one attached hydrogen (secondary N) is 1. The molecule has 164 valence electrons. The smallest absolute Gasteiger partial charge is 0.264 e. The van der Waals surface area contributed by atoms with E-state index in [-0.39, 0.29) is 16.5 Å². The first-order chi connectivity index (χ1) is 15.4. The lowest BCUT2D eigenvalue weighted by Gasteiger charge is -2.31. The third-order valence-electron chi connectivity index (χ3n) is 5.27. The summed E-state index contributed by atoms with van der Waals surface area (Å²) in [6.45, 7) is 2.99. The lowest BCUT2D eigenvalue weighted by atomic mass is 10.2. The second kappa shape index (κ2) is 9.47. The summed E-state index contributed by atoms with van der Waals surface area (Å²) in [4.78, 5) is 30.9. The summed E-state index contributed by atoms with van der Waals surface area (Å²) in [7, 11) is 0. The third kappa shape index (κ3) is 4.80. The molecule has 32 heavy (non-hydrogen) atoms. The number of quaternary nitrogens is 1. The van der Waals surface area contributed by atoms with Gasteiger partial charge in [-0.25, -0.2) is 0 Å². The summed E-state index contributed by atoms with van der Waals surface area (Å²) in [5.41, 5.74) is 1.19. The first kappa shape index (κ1) is 21.9. The van der Waals surface area contributed by atoms with E-state index in [1.165, 1.54) is 28.5 Å². The molecule has 1 saturated heterocycles. The van der Waals surface area contributed by atoms with Crippen molar-refractivity contribution < 1.29 is 19.7 Å². The van der Waals surface area contributed by atoms with Gasteiger partial charge in [0.2, 0.25) is 0 Å². The number of halogens is 1. The van der Waals surface area contributed by atoms with Gasteiger partial charge >= 0.3 is 0 Å². The van der Waals surface area contributed by atoms with Crippen molar-refractivity contribution in [1.82, 2.24) is 4.90 Å². The van der Waals surface area contributed by atoms with Gasteiger partial charge in [-0.3, -0.25) is 24.8 Å². The molecule has 1 amide bonds. The number of hydrogen-bond donors (Lipinski definition) is 1. The van der Waals surface area contributed by atoms with Gasteiger partial charge in [-0.15, -0.1) is 11.3 Å². The number of nitro groups is 1. The maximum Gasteiger partial charge on any atom is 0.264 e. The molecular formula is C22H19ClN4O4S. The number of hydrogen-bond acceptors (Lipinski definition) is 6. The van der Waals surface area contributed by atoms with Crippen molar-refractivity contribution >= 4 is 52.1 Å². The second-order valence-electron chi connectivity index (χ2n) is 7.28. The van der Waals surface area contributed by atoms with Gasteiger partial charge in [0, 0.05) is 29.4 Å². The van der Waals surface area contributed by atoms with Crippen LogP contribution in [-0.4, -0.2) is 48.1 Å². The molecule has 2 heterocycles. The molecule has 8 nitrogen and oxygen atoms in total. The molecule has 1 fully saturated rings. The molecule has 0 atom stereocenters. The van der Waals surface area contributed by atoms with Crippen LogP contribution in [-0.2, 0) is 0 Å². The number of benzene rings is 2. The number of aliphatic imine (C=N–C) groups is 1. The topological polar surface area (TPSA) is 103 Å². The molecule has 1 N–H and O–H groups in total. The Kier molecular flexibility index (Phi) is 6.50. The van der Waals surface area contributed by atoms with E-state index in [2.05, 4.69) is 4.99 Å². The molecule has 0 radical (unpaired) electrons. The minimum atomic E-state index is -0.753. The zero-order valence-corrected chi connectivity index (χ0v) is 18.4. The number of nitrogens with zero attached hydrogens (tertiary/aromatic N) is 3. The van der Waals surface area contributed by atoms with Crippen LogP contribution in [0.4, 0.5) is 17.1 Å². The highest BCUT2D eigenvalue weighted by Crippen LogP contribution is 2.30. The number of carbonyl (C=O) groups excluding carboxylic acids is 1. The van der Waals surface area contributed by atoms with Crippen molar-refractivity contribution in [3.8, 4) is 5.75 Å². The normalized spacial score (nSPS) is 14.7. The van der Waals surface area contributed by atoms with Gasteiger partial charge in [-0.1, -0.05) is 17.7 Å². The lowest BCUT2D eigenvalue weighted by molar-refractivity contribution is -0.837. The van der Waals surface area contributed by atoms with E-state index in [4.69, 9.17) is 11.6 Å². The van der Waals surface area contributed by atoms with Gasteiger partial charge in [0.15, 0.2) is 0 Å². The van der Waals surface area contributed by atoms with E-state index in [9.17, 15) is 20.0 Å². The van der Waals surface area contributed by atoms with Gasteiger partial charge in [-0.05, 0) is 41.0 Å². The quantitative estimate of drug-likeness (QED) is 0.352. The average Bonchev–Trinajstić information content (AvgIpc) is 3.34. The second-order valence-corrected chi connectivity index (χ2v) is 8.66. The molecule has 0 spiro atoms. The standard InChI is InChI=1S/C22H19ClN4O4S/c23-16-12-15(21(28)19(13-16)27(30)31)14-24-17-3-5-18(6-4-17)25-7-9-26(10-8-25)22(29)20-2-1-11-32-20/h1-6,11-14,28H,7-10H2. The molecule has 0 aliphatic carbocycles. The first-order valence-corrected chi connectivity index (χ1v) is 11.1. The summed E-state index contributed by atoms with van der Waals surface area (Å²) in [6, 6.07) is 13.7. The fourth-order valence-corrected chi connectivity index (χ4v) is 4.49. The van der Waals surface area contributed by atoms with Crippen molar-refractivity contribution in [2.45, 2.75) is 0 Å². The lowest BCUT2D eigenvalue weighted by Crippen LogP contribution is -3.10. The molecule has 4 rings (SSSR count). The number of rotatable bonds is 5. The van der Waals surface area contributed by atoms with Crippen LogP contribution in [0, 0.1) is 10.1 Å². The molecule has 0 saturated carbocycles. The van der Waals surface area contributed by atoms with Crippen LogP contribution >= 0.6 is 22.9 Å². The Hall–Kier alpha value is -3.27. The fraction of sp³-hybridized carbons (Fsp3) is 0.182. The van der Waals surface area contributed by atoms with Crippen LogP contribution in [0.15, 0.2) is 58.9 Å². The average molecular weight is 471 g/mol. The van der Waals surface area contributed by atoms with Crippen molar-refractivity contribution in [1.29, 1.82) is 0 Å². The number of thiophene rings is 1. The van der Waals surface area contributed by atoms with Crippen LogP contribution < -0.4 is 10.0 Å². The maximum atomic E-state index is 12.5. The maximum absolute atomic E-state index is 12.5. The van der Waals surface area contributed by atoms with Crippen molar-refractivity contribution in [3.05, 3.63) is 79.5 Å². The molecule has 1 aliphatic heterocycles. The molecule has 0 bridgehead atoms. The summed E-state index contributed by atoms with van der Waals surface area (Å²) < 4.78 is 0. The third-order valence-corrected chi connectivity index (χ3v) is 6.35. The largest absolute Gasteiger partial charge is 0.867 e. The minimum absolute atomic E-state index is 0.0606. The number of nitro benzene ring substituents is 1. The number of carbonyl (C=O) groups is 1. The van der Waals surface area contributed by atoms with Crippen molar-refractivity contribution in [2.24, 2.45) is 4.99 Å². The van der Waals surface area contributed by atoms with Gasteiger partial charge in [0.1, 0.15) is 5.69 Å². The predicted octanol–water partition coefficient (Wildman–Crippen LogP) is 2.81. The zero-order valence-electron chi connectivity index (χ0n) is 16.9. The highest BCUT2D eigenvalue weighted by molar-refractivity contribution is 7.12. The molecule has 2 aromatic carbocycles. The molecular weight excluding hydrogens is 452 g/mol. The molecule has 1 aliphatic rings. The Morgan fingerprint density at radius 2 is 1.91 bits per heavy atom. The van der Waals surface area contributed by atoms with E-state index in [0.29, 0.717) is 18.8 Å². The van der Waals surface area contributed by atoms with Crippen LogP contribution in [0.25, 0.3) is 0 Å². The van der Waals surface area contributed by atoms with Crippen molar-refractivity contribution in [2.75, 3.05) is 26.2 Å². The monoisotopic (exact) mass is 470 g/mol. The summed E-state index contributed by atoms with van der Waals surface area (Å²) >= 11 is 7.34. The molecule has 1 aromatic heterocycles. The summed E-state index contributed by atoms with van der Waals surface area (Å²) in [5.74, 6) is -0.637. The van der Waals surface area contributed by atoms with E-state index in [1.54, 1.807) is 0 Å². The first-order valence-electron chi connectivity index (χ1n) is 9.89. The molecule has 0 unspecified atom stereocenters. The summed E-state index contributed by atoms with van der Waals surface area (Å²) in [5, 5.41) is 25.2. The van der Waals surface area contributed by atoms with Crippen LogP contribution in [0.5, 0.6) is 5.75 Å². The van der Waals surface area contributed by atoms with Crippen LogP contribution in [0.3, 0.4) is 0 Å². The number of piperazine rings is 1. The predicted molar refractivity (Wildman–Crippen MR) is 122 cm³/mol. The Labute approximate surface area is 193 Å². The van der Waals surface area contributed by atoms with Gasteiger partial charge < -0.3 is 10.0 Å². The van der Waals surface area contributed by atoms with E-state index in [1.807, 2.05) is 46.7 Å². The highest BCUT2D eigenvalue weighted by Gasteiger charge is 2.26. The van der Waals surface area contributed by atoms with Gasteiger partial charge in [-0.2, -0.15) is 0 Å². The fourth-order valence-electron chi connectivity index (χ4n) is 3.58. The van der Waals surface area contributed by atoms with E-state index < -0.39 is 16.4 Å². The zero-order chi connectivity index (χ0) is 22.7. The Morgan fingerprint density at radius 1 is 1.19 bits per heavy atom. The SMILES string of the molecule is O=C(c1cccs1)N1CC[NH+](c2ccc(N=Cc3cc(Cl)cc([N+](=O)[O-])c3[O-])cc2)CC1. The Morgan fingerprint density at radius 3 is 2.53 bits per heavy atom. The Bertz CT molecular complexity index is 1160. The molecule has 3 aromatic rings. The summed E-state index contributed by atoms with van der Waals surface area (Å²) in [6.07, 6.45) is 1.29. The van der Waals surface area contributed by atoms with Gasteiger partial charge in [0.25, 0.3) is 11.6 Å². The van der Waals surface area contributed by atoms with E-state index >= 15 is 0 Å². The Balaban J connectivity index is 1.40. The van der Waals surface area contributed by atoms with Gasteiger partial charge in [0.05, 0.1) is 41.7 Å². The minimum Gasteiger partial charge on any atom is -0.867 e. The van der Waals surface area contributed by atoms with Crippen LogP contribution in [0.2, 0.25) is 5.02 Å². The van der Waals surface area contributed by atoms with E-state index in [0.717, 1.165) is 29.7 Å². The van der Waals surface area contributed by atoms with Crippen LogP contribution in [0.1, 0.15) is 15.2 Å². The molecule has 10 heteroatoms. The number of amides is 1. The highest BCUT2D eigenvalue weighted by atomic mass is 35.5. The van der Waals surface area contributed by atoms with Crippen molar-refractivity contribution in [3.63, 3.8) is 0 Å².